The molecule has 0 atom stereocenters. The molecule has 29 heavy (non-hydrogen) atoms. The van der Waals surface area contributed by atoms with Crippen molar-refractivity contribution < 1.29 is 12.8 Å². The predicted octanol–water partition coefficient (Wildman–Crippen LogP) is 4.39. The lowest BCUT2D eigenvalue weighted by Gasteiger charge is -2.14. The molecule has 0 spiro atoms. The first-order valence-corrected chi connectivity index (χ1v) is 10.9. The Hall–Kier alpha value is -2.52. The van der Waals surface area contributed by atoms with Gasteiger partial charge < -0.3 is 4.98 Å². The number of nitrogens with one attached hydrogen (secondary N) is 2. The number of hydrogen-bond acceptors (Lipinski definition) is 5. The molecular formula is C19H21ClFN5O2S. The van der Waals surface area contributed by atoms with Gasteiger partial charge in [0, 0.05) is 22.2 Å². The van der Waals surface area contributed by atoms with Crippen LogP contribution in [0.5, 0.6) is 0 Å². The third kappa shape index (κ3) is 4.56. The molecule has 0 aliphatic carbocycles. The van der Waals surface area contributed by atoms with Crippen LogP contribution < -0.4 is 4.72 Å². The molecule has 0 radical (unpaired) electrons. The Morgan fingerprint density at radius 2 is 2.00 bits per heavy atom. The van der Waals surface area contributed by atoms with E-state index in [-0.39, 0.29) is 33.1 Å². The molecule has 0 aliphatic heterocycles. The van der Waals surface area contributed by atoms with Gasteiger partial charge in [-0.3, -0.25) is 4.72 Å². The maximum atomic E-state index is 15.3. The van der Waals surface area contributed by atoms with Gasteiger partial charge >= 0.3 is 0 Å². The van der Waals surface area contributed by atoms with Gasteiger partial charge in [-0.15, -0.1) is 0 Å². The third-order valence-corrected chi connectivity index (χ3v) is 5.70. The van der Waals surface area contributed by atoms with Crippen LogP contribution in [0.4, 0.5) is 10.1 Å². The molecule has 1 aromatic carbocycles. The van der Waals surface area contributed by atoms with E-state index in [1.54, 1.807) is 12.3 Å². The lowest BCUT2D eigenvalue weighted by atomic mass is 9.96. The van der Waals surface area contributed by atoms with E-state index in [2.05, 4.69) is 24.7 Å². The molecule has 10 heteroatoms. The number of benzene rings is 1. The molecule has 0 fully saturated rings. The first-order valence-electron chi connectivity index (χ1n) is 8.88. The smallest absolute Gasteiger partial charge is 0.232 e. The monoisotopic (exact) mass is 437 g/mol. The van der Waals surface area contributed by atoms with Crippen LogP contribution >= 0.6 is 11.6 Å². The Balaban J connectivity index is 2.25. The lowest BCUT2D eigenvalue weighted by Crippen LogP contribution is -2.16. The van der Waals surface area contributed by atoms with E-state index >= 15 is 4.39 Å². The van der Waals surface area contributed by atoms with Crippen LogP contribution in [0.1, 0.15) is 33.5 Å². The highest BCUT2D eigenvalue weighted by Gasteiger charge is 2.26. The number of nitrogens with zero attached hydrogens (tertiary/aromatic N) is 3. The van der Waals surface area contributed by atoms with E-state index < -0.39 is 15.8 Å². The first-order chi connectivity index (χ1) is 13.5. The summed E-state index contributed by atoms with van der Waals surface area (Å²) in [5.74, 6) is -0.346. The average molecular weight is 438 g/mol. The molecule has 3 aromatic rings. The highest BCUT2D eigenvalue weighted by atomic mass is 35.5. The van der Waals surface area contributed by atoms with Crippen molar-refractivity contribution in [1.82, 2.24) is 19.9 Å². The molecule has 0 saturated carbocycles. The summed E-state index contributed by atoms with van der Waals surface area (Å²) in [5.41, 5.74) is 0.776. The van der Waals surface area contributed by atoms with Gasteiger partial charge in [-0.1, -0.05) is 32.4 Å². The van der Waals surface area contributed by atoms with Crippen molar-refractivity contribution in [2.45, 2.75) is 33.1 Å². The largest absolute Gasteiger partial charge is 0.340 e. The molecule has 0 aliphatic rings. The van der Waals surface area contributed by atoms with Gasteiger partial charge in [0.2, 0.25) is 10.0 Å². The molecule has 0 unspecified atom stereocenters. The van der Waals surface area contributed by atoms with Crippen molar-refractivity contribution in [2.75, 3.05) is 10.5 Å². The molecule has 2 heterocycles. The summed E-state index contributed by atoms with van der Waals surface area (Å²) < 4.78 is 41.5. The normalized spacial score (nSPS) is 12.2. The molecule has 0 bridgehead atoms. The zero-order valence-electron chi connectivity index (χ0n) is 16.4. The lowest BCUT2D eigenvalue weighted by molar-refractivity contribution is 0.553. The maximum absolute atomic E-state index is 15.3. The Kier molecular flexibility index (Phi) is 5.64. The van der Waals surface area contributed by atoms with E-state index in [4.69, 9.17) is 11.6 Å². The van der Waals surface area contributed by atoms with Gasteiger partial charge in [0.1, 0.15) is 17.8 Å². The van der Waals surface area contributed by atoms with Crippen molar-refractivity contribution in [3.05, 3.63) is 47.4 Å². The van der Waals surface area contributed by atoms with Crippen molar-refractivity contribution in [1.29, 1.82) is 0 Å². The van der Waals surface area contributed by atoms with E-state index in [0.717, 1.165) is 0 Å². The van der Waals surface area contributed by atoms with Gasteiger partial charge in [0.25, 0.3) is 0 Å². The van der Waals surface area contributed by atoms with Gasteiger partial charge in [-0.2, -0.15) is 0 Å². The van der Waals surface area contributed by atoms with Gasteiger partial charge in [-0.05, 0) is 25.1 Å². The van der Waals surface area contributed by atoms with Gasteiger partial charge in [-0.25, -0.2) is 27.8 Å². The molecular weight excluding hydrogens is 417 g/mol. The maximum Gasteiger partial charge on any atom is 0.232 e. The minimum Gasteiger partial charge on any atom is -0.340 e. The molecule has 0 amide bonds. The van der Waals surface area contributed by atoms with E-state index in [0.29, 0.717) is 17.2 Å². The van der Waals surface area contributed by atoms with Crippen LogP contribution in [0, 0.1) is 5.82 Å². The van der Waals surface area contributed by atoms with Crippen molar-refractivity contribution >= 4 is 27.3 Å². The predicted molar refractivity (Wildman–Crippen MR) is 112 cm³/mol. The number of sulfonamides is 1. The number of aromatic amines is 1. The molecule has 2 N–H and O–H groups in total. The Labute approximate surface area is 173 Å². The minimum atomic E-state index is -3.69. The standard InChI is InChI=1S/C19H21ClFN5O2S/c1-5-29(27,28)26-14-9-11(20)8-12(15(14)21)16-17(13-6-7-22-10-23-13)25-18(24-16)19(2,3)4/h6-10,26H,5H2,1-4H3,(H,24,25). The number of H-pyrrole nitrogens is 1. The Morgan fingerprint density at radius 1 is 1.28 bits per heavy atom. The fraction of sp³-hybridized carbons (Fsp3) is 0.316. The highest BCUT2D eigenvalue weighted by molar-refractivity contribution is 7.92. The van der Waals surface area contributed by atoms with Crippen LogP contribution in [0.15, 0.2) is 30.7 Å². The number of rotatable bonds is 5. The second-order valence-electron chi connectivity index (χ2n) is 7.47. The second kappa shape index (κ2) is 7.72. The van der Waals surface area contributed by atoms with Crippen LogP contribution in [-0.4, -0.2) is 34.1 Å². The number of aromatic nitrogens is 4. The van der Waals surface area contributed by atoms with Crippen LogP contribution in [0.25, 0.3) is 22.6 Å². The minimum absolute atomic E-state index is 0.0617. The van der Waals surface area contributed by atoms with Crippen molar-refractivity contribution in [3.8, 4) is 22.6 Å². The quantitative estimate of drug-likeness (QED) is 0.616. The van der Waals surface area contributed by atoms with Crippen LogP contribution in [-0.2, 0) is 15.4 Å². The van der Waals surface area contributed by atoms with Crippen LogP contribution in [0.3, 0.4) is 0 Å². The summed E-state index contributed by atoms with van der Waals surface area (Å²) >= 11 is 6.17. The van der Waals surface area contributed by atoms with Gasteiger partial charge in [0.15, 0.2) is 5.82 Å². The van der Waals surface area contributed by atoms with E-state index in [1.807, 2.05) is 20.8 Å². The van der Waals surface area contributed by atoms with Crippen LogP contribution in [0.2, 0.25) is 5.02 Å². The zero-order chi connectivity index (χ0) is 21.4. The summed E-state index contributed by atoms with van der Waals surface area (Å²) in [4.78, 5) is 15.9. The number of hydrogen-bond donors (Lipinski definition) is 2. The summed E-state index contributed by atoms with van der Waals surface area (Å²) in [7, 11) is -3.69. The molecule has 0 saturated heterocycles. The zero-order valence-corrected chi connectivity index (χ0v) is 18.0. The average Bonchev–Trinajstić information content (AvgIpc) is 3.10. The first kappa shape index (κ1) is 21.2. The molecule has 7 nitrogen and oxygen atoms in total. The summed E-state index contributed by atoms with van der Waals surface area (Å²) in [6, 6.07) is 4.32. The van der Waals surface area contributed by atoms with E-state index in [9.17, 15) is 8.42 Å². The number of anilines is 1. The fourth-order valence-corrected chi connectivity index (χ4v) is 3.47. The van der Waals surface area contributed by atoms with Crippen molar-refractivity contribution in [2.24, 2.45) is 0 Å². The number of halogens is 2. The Morgan fingerprint density at radius 3 is 2.59 bits per heavy atom. The third-order valence-electron chi connectivity index (χ3n) is 4.19. The summed E-state index contributed by atoms with van der Waals surface area (Å²) in [6.45, 7) is 7.36. The molecule has 154 valence electrons. The van der Waals surface area contributed by atoms with E-state index in [1.165, 1.54) is 25.4 Å². The summed E-state index contributed by atoms with van der Waals surface area (Å²) in [5, 5.41) is 0.171. The second-order valence-corrected chi connectivity index (χ2v) is 9.92. The Bertz CT molecular complexity index is 1140. The SMILES string of the molecule is CCS(=O)(=O)Nc1cc(Cl)cc(-c2nc(C(C)(C)C)[nH]c2-c2ccncn2)c1F. The molecule has 2 aromatic heterocycles. The highest BCUT2D eigenvalue weighted by Crippen LogP contribution is 2.37. The summed E-state index contributed by atoms with van der Waals surface area (Å²) in [6.07, 6.45) is 2.95. The van der Waals surface area contributed by atoms with Gasteiger partial charge in [0.05, 0.1) is 22.8 Å². The van der Waals surface area contributed by atoms with Crippen molar-refractivity contribution in [3.63, 3.8) is 0 Å². The number of imidazole rings is 1. The molecule has 3 rings (SSSR count). The topological polar surface area (TPSA) is 101 Å². The fourth-order valence-electron chi connectivity index (χ4n) is 2.62.